The average molecular weight is 506 g/mol. The molecule has 2 aromatic carbocycles. The highest BCUT2D eigenvalue weighted by molar-refractivity contribution is 5.91. The third-order valence-electron chi connectivity index (χ3n) is 7.95. The van der Waals surface area contributed by atoms with Gasteiger partial charge in [-0.2, -0.15) is 0 Å². The van der Waals surface area contributed by atoms with E-state index in [1.807, 2.05) is 36.1 Å². The predicted molar refractivity (Wildman–Crippen MR) is 147 cm³/mol. The number of anilines is 1. The maximum absolute atomic E-state index is 14.6. The zero-order valence-electron chi connectivity index (χ0n) is 22.3. The average Bonchev–Trinajstić information content (AvgIpc) is 3.41. The number of piperazine rings is 1. The Balaban J connectivity index is 1.35. The molecule has 5 nitrogen and oxygen atoms in total. The van der Waals surface area contributed by atoms with Crippen molar-refractivity contribution in [2.24, 2.45) is 5.92 Å². The molecule has 1 aliphatic heterocycles. The fraction of sp³-hybridized carbons (Fsp3) is 0.484. The Morgan fingerprint density at radius 2 is 1.84 bits per heavy atom. The molecule has 6 heteroatoms. The molecule has 2 fully saturated rings. The van der Waals surface area contributed by atoms with Crippen LogP contribution in [0, 0.1) is 18.7 Å². The van der Waals surface area contributed by atoms with Crippen LogP contribution in [0.25, 0.3) is 0 Å². The van der Waals surface area contributed by atoms with Gasteiger partial charge < -0.3 is 10.2 Å². The van der Waals surface area contributed by atoms with Crippen LogP contribution in [-0.4, -0.2) is 47.3 Å². The molecule has 2 aromatic rings. The fourth-order valence-electron chi connectivity index (χ4n) is 5.80. The minimum Gasteiger partial charge on any atom is -0.337 e. The van der Waals surface area contributed by atoms with Crippen molar-refractivity contribution >= 4 is 17.5 Å². The molecule has 1 atom stereocenters. The van der Waals surface area contributed by atoms with E-state index < -0.39 is 0 Å². The van der Waals surface area contributed by atoms with Crippen molar-refractivity contribution in [3.8, 4) is 0 Å². The molecule has 1 N–H and O–H groups in total. The first-order valence-corrected chi connectivity index (χ1v) is 13.6. The van der Waals surface area contributed by atoms with Gasteiger partial charge in [0.2, 0.25) is 11.8 Å². The summed E-state index contributed by atoms with van der Waals surface area (Å²) >= 11 is 0. The molecule has 4 rings (SSSR count). The van der Waals surface area contributed by atoms with Crippen LogP contribution in [0.5, 0.6) is 0 Å². The van der Waals surface area contributed by atoms with Crippen LogP contribution < -0.4 is 5.32 Å². The number of allylic oxidation sites excluding steroid dienone is 1. The van der Waals surface area contributed by atoms with E-state index >= 15 is 0 Å². The second-order valence-electron chi connectivity index (χ2n) is 10.6. The summed E-state index contributed by atoms with van der Waals surface area (Å²) in [5, 5.41) is 2.94. The molecule has 1 saturated carbocycles. The Morgan fingerprint density at radius 3 is 2.54 bits per heavy atom. The molecule has 0 unspecified atom stereocenters. The SMILES string of the molecule is C=CCc1ccccc1CCC(=O)Nc1cc(F)cc(CN2CCN(C(=O)C3CCCC3)[C@@H](C)C2)c1C. The van der Waals surface area contributed by atoms with Crippen molar-refractivity contribution in [3.05, 3.63) is 77.1 Å². The van der Waals surface area contributed by atoms with Crippen LogP contribution in [0.4, 0.5) is 10.1 Å². The lowest BCUT2D eigenvalue weighted by Crippen LogP contribution is -2.54. The van der Waals surface area contributed by atoms with Crippen molar-refractivity contribution < 1.29 is 14.0 Å². The monoisotopic (exact) mass is 505 g/mol. The first kappa shape index (κ1) is 27.1. The van der Waals surface area contributed by atoms with Crippen molar-refractivity contribution in [3.63, 3.8) is 0 Å². The molecule has 198 valence electrons. The lowest BCUT2D eigenvalue weighted by atomic mass is 10.00. The van der Waals surface area contributed by atoms with Gasteiger partial charge in [-0.3, -0.25) is 14.5 Å². The highest BCUT2D eigenvalue weighted by Crippen LogP contribution is 2.29. The molecule has 37 heavy (non-hydrogen) atoms. The third kappa shape index (κ3) is 6.86. The number of nitrogens with zero attached hydrogens (tertiary/aromatic N) is 2. The largest absolute Gasteiger partial charge is 0.337 e. The number of carbonyl (C=O) groups is 2. The molecule has 0 aromatic heterocycles. The third-order valence-corrected chi connectivity index (χ3v) is 7.95. The zero-order chi connectivity index (χ0) is 26.4. The molecule has 2 aliphatic rings. The summed E-state index contributed by atoms with van der Waals surface area (Å²) in [5.41, 5.74) is 4.60. The summed E-state index contributed by atoms with van der Waals surface area (Å²) in [6, 6.07) is 11.2. The highest BCUT2D eigenvalue weighted by Gasteiger charge is 2.33. The van der Waals surface area contributed by atoms with Crippen LogP contribution >= 0.6 is 0 Å². The zero-order valence-corrected chi connectivity index (χ0v) is 22.3. The molecule has 2 amide bonds. The van der Waals surface area contributed by atoms with E-state index in [9.17, 15) is 14.0 Å². The van der Waals surface area contributed by atoms with Gasteiger partial charge in [-0.1, -0.05) is 43.2 Å². The number of rotatable bonds is 9. The number of nitrogens with one attached hydrogen (secondary N) is 1. The lowest BCUT2D eigenvalue weighted by Gasteiger charge is -2.41. The molecular weight excluding hydrogens is 465 g/mol. The van der Waals surface area contributed by atoms with Crippen molar-refractivity contribution in [1.82, 2.24) is 9.80 Å². The second kappa shape index (κ2) is 12.5. The fourth-order valence-corrected chi connectivity index (χ4v) is 5.80. The van der Waals surface area contributed by atoms with Crippen LogP contribution in [0.1, 0.15) is 61.3 Å². The summed E-state index contributed by atoms with van der Waals surface area (Å²) in [6.45, 7) is 10.7. The van der Waals surface area contributed by atoms with E-state index in [0.717, 1.165) is 61.9 Å². The van der Waals surface area contributed by atoms with Crippen molar-refractivity contribution in [1.29, 1.82) is 0 Å². The van der Waals surface area contributed by atoms with Crippen LogP contribution in [0.3, 0.4) is 0 Å². The maximum atomic E-state index is 14.6. The number of hydrogen-bond acceptors (Lipinski definition) is 3. The van der Waals surface area contributed by atoms with Crippen molar-refractivity contribution in [2.45, 2.75) is 71.4 Å². The Labute approximate surface area is 220 Å². The summed E-state index contributed by atoms with van der Waals surface area (Å²) in [4.78, 5) is 30.0. The number of hydrogen-bond donors (Lipinski definition) is 1. The number of halogens is 1. The number of amides is 2. The van der Waals surface area contributed by atoms with E-state index in [-0.39, 0.29) is 23.7 Å². The second-order valence-corrected chi connectivity index (χ2v) is 10.6. The molecule has 1 heterocycles. The predicted octanol–water partition coefficient (Wildman–Crippen LogP) is 5.66. The van der Waals surface area contributed by atoms with Gasteiger partial charge >= 0.3 is 0 Å². The van der Waals surface area contributed by atoms with Crippen LogP contribution in [0.2, 0.25) is 0 Å². The van der Waals surface area contributed by atoms with Gasteiger partial charge in [0.15, 0.2) is 0 Å². The summed E-state index contributed by atoms with van der Waals surface area (Å²) in [5.74, 6) is 0.0286. The summed E-state index contributed by atoms with van der Waals surface area (Å²) < 4.78 is 14.6. The first-order valence-electron chi connectivity index (χ1n) is 13.6. The van der Waals surface area contributed by atoms with E-state index in [0.29, 0.717) is 37.5 Å². The number of aryl methyl sites for hydroxylation is 1. The van der Waals surface area contributed by atoms with Crippen molar-refractivity contribution in [2.75, 3.05) is 25.0 Å². The van der Waals surface area contributed by atoms with Gasteiger partial charge in [-0.15, -0.1) is 6.58 Å². The van der Waals surface area contributed by atoms with E-state index in [2.05, 4.69) is 29.8 Å². The molecule has 0 spiro atoms. The van der Waals surface area contributed by atoms with Gasteiger partial charge in [-0.25, -0.2) is 4.39 Å². The lowest BCUT2D eigenvalue weighted by molar-refractivity contribution is -0.140. The molecular formula is C31H40FN3O2. The van der Waals surface area contributed by atoms with Gasteiger partial charge in [0.25, 0.3) is 0 Å². The topological polar surface area (TPSA) is 52.7 Å². The maximum Gasteiger partial charge on any atom is 0.226 e. The Hall–Kier alpha value is -2.99. The Morgan fingerprint density at radius 1 is 1.11 bits per heavy atom. The minimum absolute atomic E-state index is 0.124. The molecule has 1 saturated heterocycles. The smallest absolute Gasteiger partial charge is 0.226 e. The van der Waals surface area contributed by atoms with E-state index in [1.165, 1.54) is 11.6 Å². The van der Waals surface area contributed by atoms with E-state index in [1.54, 1.807) is 6.07 Å². The van der Waals surface area contributed by atoms with Gasteiger partial charge in [0.1, 0.15) is 5.82 Å². The molecule has 0 radical (unpaired) electrons. The van der Waals surface area contributed by atoms with Crippen LogP contribution in [-0.2, 0) is 29.0 Å². The van der Waals surface area contributed by atoms with E-state index in [4.69, 9.17) is 0 Å². The Kier molecular flexibility index (Phi) is 9.14. The number of carbonyl (C=O) groups excluding carboxylic acids is 2. The summed E-state index contributed by atoms with van der Waals surface area (Å²) in [6.07, 6.45) is 7.94. The van der Waals surface area contributed by atoms with Gasteiger partial charge in [0, 0.05) is 50.2 Å². The Bertz CT molecular complexity index is 1130. The number of benzene rings is 2. The van der Waals surface area contributed by atoms with Gasteiger partial charge in [0.05, 0.1) is 0 Å². The molecule has 1 aliphatic carbocycles. The van der Waals surface area contributed by atoms with Crippen LogP contribution in [0.15, 0.2) is 49.1 Å². The summed E-state index contributed by atoms with van der Waals surface area (Å²) in [7, 11) is 0. The first-order chi connectivity index (χ1) is 17.9. The minimum atomic E-state index is -0.352. The highest BCUT2D eigenvalue weighted by atomic mass is 19.1. The van der Waals surface area contributed by atoms with Gasteiger partial charge in [-0.05, 0) is 73.9 Å². The molecule has 0 bridgehead atoms. The quantitative estimate of drug-likeness (QED) is 0.448. The standard InChI is InChI=1S/C31H40FN3O2/c1-4-9-24-10-5-6-11-25(24)14-15-30(36)33-29-19-28(32)18-27(23(29)3)21-34-16-17-35(22(2)20-34)31(37)26-12-7-8-13-26/h4-6,10-11,18-19,22,26H,1,7-9,12-17,20-21H2,2-3H3,(H,33,36)/t22-/m0/s1. The normalized spacial score (nSPS) is 18.7.